The number of nitrogens with zero attached hydrogens (tertiary/aromatic N) is 1. The van der Waals surface area contributed by atoms with E-state index in [9.17, 15) is 23.2 Å². The van der Waals surface area contributed by atoms with Gasteiger partial charge in [-0.25, -0.2) is 13.8 Å². The lowest BCUT2D eigenvalue weighted by Crippen LogP contribution is -2.24. The number of imidazole rings is 1. The molecule has 0 amide bonds. The van der Waals surface area contributed by atoms with Crippen molar-refractivity contribution in [2.45, 2.75) is 5.92 Å². The third-order valence-corrected chi connectivity index (χ3v) is 4.66. The van der Waals surface area contributed by atoms with Gasteiger partial charge in [-0.15, -0.1) is 0 Å². The third kappa shape index (κ3) is 3.65. The molecule has 0 aliphatic heterocycles. The van der Waals surface area contributed by atoms with E-state index in [2.05, 4.69) is 9.97 Å². The van der Waals surface area contributed by atoms with Gasteiger partial charge >= 0.3 is 0 Å². The summed E-state index contributed by atoms with van der Waals surface area (Å²) in [5.41, 5.74) is 1.21. The van der Waals surface area contributed by atoms with E-state index in [1.165, 1.54) is 24.3 Å². The second-order valence-corrected chi connectivity index (χ2v) is 6.70. The minimum atomic E-state index is -1.47. The number of halogens is 2. The van der Waals surface area contributed by atoms with Crippen molar-refractivity contribution in [2.75, 3.05) is 0 Å². The average Bonchev–Trinajstić information content (AvgIpc) is 3.16. The maximum atomic E-state index is 13.7. The zero-order valence-corrected chi connectivity index (χ0v) is 15.4. The molecule has 4 rings (SSSR count). The molecule has 3 aromatic carbocycles. The number of aldehydes is 1. The molecule has 1 atom stereocenters. The number of carbonyl (C=O) groups excluding carboxylic acids is 3. The standard InChI is InChI=1S/C23H14F2N2O3/c24-16-9-15(10-17(25)11-16)22(30)20(21(29)14-5-3-4-13(8-14)12-28)23-26-18-6-1-2-7-19(18)27-23/h1-12,20H,(H,26,27). The Bertz CT molecular complexity index is 1240. The smallest absolute Gasteiger partial charge is 0.181 e. The lowest BCUT2D eigenvalue weighted by atomic mass is 9.88. The molecule has 30 heavy (non-hydrogen) atoms. The zero-order valence-electron chi connectivity index (χ0n) is 15.4. The van der Waals surface area contributed by atoms with E-state index >= 15 is 0 Å². The first-order valence-electron chi connectivity index (χ1n) is 9.00. The van der Waals surface area contributed by atoms with Crippen molar-refractivity contribution in [3.63, 3.8) is 0 Å². The lowest BCUT2D eigenvalue weighted by Gasteiger charge is -2.13. The van der Waals surface area contributed by atoms with Gasteiger partial charge in [-0.2, -0.15) is 0 Å². The molecular formula is C23H14F2N2O3. The zero-order chi connectivity index (χ0) is 21.3. The largest absolute Gasteiger partial charge is 0.341 e. The van der Waals surface area contributed by atoms with Crippen LogP contribution in [0.15, 0.2) is 66.7 Å². The SMILES string of the molecule is O=Cc1cccc(C(=O)C(C(=O)c2cc(F)cc(F)c2)c2nc3ccccc3[nH]2)c1. The molecule has 0 bridgehead atoms. The van der Waals surface area contributed by atoms with E-state index in [-0.39, 0.29) is 22.5 Å². The number of fused-ring (bicyclic) bond motifs is 1. The predicted molar refractivity (Wildman–Crippen MR) is 106 cm³/mol. The van der Waals surface area contributed by atoms with Crippen LogP contribution < -0.4 is 0 Å². The molecule has 0 aliphatic carbocycles. The van der Waals surface area contributed by atoms with E-state index in [0.29, 0.717) is 23.4 Å². The molecule has 0 aliphatic rings. The van der Waals surface area contributed by atoms with E-state index in [0.717, 1.165) is 12.1 Å². The maximum Gasteiger partial charge on any atom is 0.181 e. The van der Waals surface area contributed by atoms with Crippen molar-refractivity contribution in [2.24, 2.45) is 0 Å². The monoisotopic (exact) mass is 404 g/mol. The van der Waals surface area contributed by atoms with Crippen LogP contribution in [0.5, 0.6) is 0 Å². The van der Waals surface area contributed by atoms with E-state index in [1.807, 2.05) is 0 Å². The summed E-state index contributed by atoms with van der Waals surface area (Å²) >= 11 is 0. The Morgan fingerprint density at radius 2 is 1.57 bits per heavy atom. The van der Waals surface area contributed by atoms with Gasteiger partial charge in [-0.05, 0) is 30.3 Å². The number of nitrogens with one attached hydrogen (secondary N) is 1. The minimum Gasteiger partial charge on any atom is -0.341 e. The third-order valence-electron chi connectivity index (χ3n) is 4.66. The molecule has 4 aromatic rings. The number of rotatable bonds is 6. The van der Waals surface area contributed by atoms with Crippen LogP contribution in [-0.2, 0) is 0 Å². The second-order valence-electron chi connectivity index (χ2n) is 6.70. The number of aromatic amines is 1. The van der Waals surface area contributed by atoms with Crippen LogP contribution in [0.3, 0.4) is 0 Å². The van der Waals surface area contributed by atoms with E-state index < -0.39 is 29.1 Å². The van der Waals surface area contributed by atoms with Crippen molar-refractivity contribution < 1.29 is 23.2 Å². The molecule has 1 unspecified atom stereocenters. The number of benzene rings is 3. The van der Waals surface area contributed by atoms with E-state index in [4.69, 9.17) is 0 Å². The van der Waals surface area contributed by atoms with Crippen molar-refractivity contribution in [3.8, 4) is 0 Å². The first kappa shape index (κ1) is 19.3. The van der Waals surface area contributed by atoms with Gasteiger partial charge in [0.15, 0.2) is 11.6 Å². The Hall–Kier alpha value is -4.00. The van der Waals surface area contributed by atoms with Crippen LogP contribution in [0, 0.1) is 11.6 Å². The lowest BCUT2D eigenvalue weighted by molar-refractivity contribution is 0.0855. The molecule has 7 heteroatoms. The highest BCUT2D eigenvalue weighted by atomic mass is 19.1. The number of aromatic nitrogens is 2. The Balaban J connectivity index is 1.86. The van der Waals surface area contributed by atoms with Gasteiger partial charge in [-0.1, -0.05) is 30.3 Å². The summed E-state index contributed by atoms with van der Waals surface area (Å²) in [5.74, 6) is -4.75. The van der Waals surface area contributed by atoms with E-state index in [1.54, 1.807) is 24.3 Å². The van der Waals surface area contributed by atoms with Gasteiger partial charge in [0.25, 0.3) is 0 Å². The fraction of sp³-hybridized carbons (Fsp3) is 0.0435. The first-order chi connectivity index (χ1) is 14.5. The normalized spacial score (nSPS) is 11.9. The molecule has 0 radical (unpaired) electrons. The number of ketones is 2. The summed E-state index contributed by atoms with van der Waals surface area (Å²) in [4.78, 5) is 44.9. The van der Waals surface area contributed by atoms with Crippen LogP contribution in [0.1, 0.15) is 42.8 Å². The number of H-pyrrole nitrogens is 1. The summed E-state index contributed by atoms with van der Waals surface area (Å²) in [7, 11) is 0. The van der Waals surface area contributed by atoms with Crippen molar-refractivity contribution in [1.29, 1.82) is 0 Å². The molecule has 1 aromatic heterocycles. The Morgan fingerprint density at radius 1 is 0.867 bits per heavy atom. The Morgan fingerprint density at radius 3 is 2.27 bits per heavy atom. The highest BCUT2D eigenvalue weighted by molar-refractivity contribution is 6.20. The quantitative estimate of drug-likeness (QED) is 0.291. The first-order valence-corrected chi connectivity index (χ1v) is 9.00. The molecule has 0 fully saturated rings. The molecule has 1 N–H and O–H groups in total. The fourth-order valence-electron chi connectivity index (χ4n) is 3.27. The van der Waals surface area contributed by atoms with Crippen LogP contribution in [-0.4, -0.2) is 27.8 Å². The number of Topliss-reactive ketones (excluding diaryl/α,β-unsaturated/α-hetero) is 2. The number of para-hydroxylation sites is 2. The molecule has 1 heterocycles. The summed E-state index contributed by atoms with van der Waals surface area (Å²) in [6, 6.07) is 15.2. The van der Waals surface area contributed by atoms with Crippen molar-refractivity contribution in [3.05, 3.63) is 101 Å². The molecular weight excluding hydrogens is 390 g/mol. The van der Waals surface area contributed by atoms with Crippen molar-refractivity contribution >= 4 is 28.9 Å². The summed E-state index contributed by atoms with van der Waals surface area (Å²) < 4.78 is 27.4. The average molecular weight is 404 g/mol. The van der Waals surface area contributed by atoms with Gasteiger partial charge in [0.1, 0.15) is 29.7 Å². The predicted octanol–water partition coefficient (Wildman–Crippen LogP) is 4.50. The molecule has 148 valence electrons. The summed E-state index contributed by atoms with van der Waals surface area (Å²) in [6.45, 7) is 0. The Labute approximate surface area is 169 Å². The maximum absolute atomic E-state index is 13.7. The molecule has 0 saturated heterocycles. The van der Waals surface area contributed by atoms with Crippen LogP contribution >= 0.6 is 0 Å². The molecule has 0 saturated carbocycles. The number of hydrogen-bond donors (Lipinski definition) is 1. The van der Waals surface area contributed by atoms with Gasteiger partial charge < -0.3 is 4.98 Å². The topological polar surface area (TPSA) is 79.9 Å². The molecule has 0 spiro atoms. The van der Waals surface area contributed by atoms with Crippen LogP contribution in [0.4, 0.5) is 8.78 Å². The number of carbonyl (C=O) groups is 3. The second kappa shape index (κ2) is 7.79. The highest BCUT2D eigenvalue weighted by Crippen LogP contribution is 2.27. The Kier molecular flexibility index (Phi) is 5.02. The highest BCUT2D eigenvalue weighted by Gasteiger charge is 2.33. The summed E-state index contributed by atoms with van der Waals surface area (Å²) in [5, 5.41) is 0. The van der Waals surface area contributed by atoms with Gasteiger partial charge in [0.05, 0.1) is 11.0 Å². The number of hydrogen-bond acceptors (Lipinski definition) is 4. The van der Waals surface area contributed by atoms with Gasteiger partial charge in [-0.3, -0.25) is 14.4 Å². The van der Waals surface area contributed by atoms with Gasteiger partial charge in [0.2, 0.25) is 0 Å². The van der Waals surface area contributed by atoms with Crippen molar-refractivity contribution in [1.82, 2.24) is 9.97 Å². The molecule has 5 nitrogen and oxygen atoms in total. The summed E-state index contributed by atoms with van der Waals surface area (Å²) in [6.07, 6.45) is 0.580. The fourth-order valence-corrected chi connectivity index (χ4v) is 3.27. The van der Waals surface area contributed by atoms with Gasteiger partial charge in [0, 0.05) is 22.8 Å². The minimum absolute atomic E-state index is 0.0485. The van der Waals surface area contributed by atoms with Crippen LogP contribution in [0.25, 0.3) is 11.0 Å². The van der Waals surface area contributed by atoms with Crippen LogP contribution in [0.2, 0.25) is 0 Å².